The van der Waals surface area contributed by atoms with Gasteiger partial charge in [0, 0.05) is 30.8 Å². The molecule has 1 aliphatic heterocycles. The highest BCUT2D eigenvalue weighted by atomic mass is 16.6. The van der Waals surface area contributed by atoms with Crippen LogP contribution in [0.2, 0.25) is 0 Å². The number of methoxy groups -OCH3 is 1. The smallest absolute Gasteiger partial charge is 0.271 e. The number of nitro groups is 1. The molecule has 0 saturated carbocycles. The molecule has 3 rings (SSSR count). The van der Waals surface area contributed by atoms with Crippen molar-refractivity contribution in [2.45, 2.75) is 6.42 Å². The molecule has 0 radical (unpaired) electrons. The summed E-state index contributed by atoms with van der Waals surface area (Å²) in [4.78, 5) is 36.5. The first-order valence-electron chi connectivity index (χ1n) is 7.97. The minimum Gasteiger partial charge on any atom is -0.497 e. The van der Waals surface area contributed by atoms with E-state index < -0.39 is 10.8 Å². The molecule has 8 heteroatoms. The van der Waals surface area contributed by atoms with Gasteiger partial charge < -0.3 is 15.0 Å². The number of non-ortho nitro benzene ring substituents is 1. The van der Waals surface area contributed by atoms with Crippen LogP contribution in [0.25, 0.3) is 0 Å². The predicted molar refractivity (Wildman–Crippen MR) is 95.2 cm³/mol. The van der Waals surface area contributed by atoms with E-state index >= 15 is 0 Å². The van der Waals surface area contributed by atoms with Crippen LogP contribution in [-0.4, -0.2) is 30.4 Å². The van der Waals surface area contributed by atoms with Crippen LogP contribution in [-0.2, 0) is 9.59 Å². The average Bonchev–Trinajstić information content (AvgIpc) is 3.04. The molecule has 8 nitrogen and oxygen atoms in total. The first-order valence-corrected chi connectivity index (χ1v) is 7.97. The van der Waals surface area contributed by atoms with E-state index in [2.05, 4.69) is 5.32 Å². The molecule has 1 aliphatic rings. The Kier molecular flexibility index (Phi) is 4.83. The lowest BCUT2D eigenvalue weighted by atomic mass is 10.1. The molecule has 26 heavy (non-hydrogen) atoms. The van der Waals surface area contributed by atoms with Gasteiger partial charge in [0.05, 0.1) is 23.6 Å². The van der Waals surface area contributed by atoms with Crippen molar-refractivity contribution >= 4 is 28.9 Å². The Bertz CT molecular complexity index is 850. The van der Waals surface area contributed by atoms with Crippen molar-refractivity contribution in [3.8, 4) is 5.75 Å². The highest BCUT2D eigenvalue weighted by Gasteiger charge is 2.35. The molecule has 1 heterocycles. The molecule has 1 atom stereocenters. The summed E-state index contributed by atoms with van der Waals surface area (Å²) in [5, 5.41) is 13.7. The molecule has 0 aliphatic carbocycles. The summed E-state index contributed by atoms with van der Waals surface area (Å²) in [6.07, 6.45) is 0.0602. The monoisotopic (exact) mass is 355 g/mol. The van der Waals surface area contributed by atoms with E-state index in [-0.39, 0.29) is 30.5 Å². The van der Waals surface area contributed by atoms with Crippen molar-refractivity contribution in [3.05, 3.63) is 58.6 Å². The quantitative estimate of drug-likeness (QED) is 0.656. The number of hydrogen-bond donors (Lipinski definition) is 1. The Morgan fingerprint density at radius 1 is 1.27 bits per heavy atom. The lowest BCUT2D eigenvalue weighted by Gasteiger charge is -2.16. The maximum Gasteiger partial charge on any atom is 0.271 e. The van der Waals surface area contributed by atoms with Gasteiger partial charge in [-0.25, -0.2) is 0 Å². The number of carbonyl (C=O) groups is 2. The Morgan fingerprint density at radius 3 is 2.65 bits per heavy atom. The van der Waals surface area contributed by atoms with Crippen LogP contribution in [0.1, 0.15) is 6.42 Å². The Balaban J connectivity index is 1.69. The summed E-state index contributed by atoms with van der Waals surface area (Å²) in [7, 11) is 1.56. The SMILES string of the molecule is COc1ccc(NC(=O)[C@H]2CC(=O)N(c3cccc([N+](=O)[O-])c3)C2)cc1. The van der Waals surface area contributed by atoms with Crippen LogP contribution in [0.5, 0.6) is 5.75 Å². The normalized spacial score (nSPS) is 16.4. The number of anilines is 2. The molecule has 2 amide bonds. The third-order valence-corrected chi connectivity index (χ3v) is 4.21. The lowest BCUT2D eigenvalue weighted by Crippen LogP contribution is -2.28. The number of rotatable bonds is 5. The number of carbonyl (C=O) groups excluding carboxylic acids is 2. The fourth-order valence-electron chi connectivity index (χ4n) is 2.83. The van der Waals surface area contributed by atoms with Gasteiger partial charge in [0.1, 0.15) is 5.75 Å². The number of amides is 2. The number of benzene rings is 2. The van der Waals surface area contributed by atoms with E-state index in [0.717, 1.165) is 0 Å². The van der Waals surface area contributed by atoms with Gasteiger partial charge in [0.25, 0.3) is 5.69 Å². The third-order valence-electron chi connectivity index (χ3n) is 4.21. The van der Waals surface area contributed by atoms with E-state index in [1.165, 1.54) is 23.1 Å². The lowest BCUT2D eigenvalue weighted by molar-refractivity contribution is -0.384. The van der Waals surface area contributed by atoms with Crippen LogP contribution < -0.4 is 15.0 Å². The standard InChI is InChI=1S/C18H17N3O5/c1-26-16-7-5-13(6-8-16)19-18(23)12-9-17(22)20(11-12)14-3-2-4-15(10-14)21(24)25/h2-8,10,12H,9,11H2,1H3,(H,19,23)/t12-/m0/s1. The molecule has 1 fully saturated rings. The minimum absolute atomic E-state index is 0.0602. The van der Waals surface area contributed by atoms with Crippen molar-refractivity contribution in [3.63, 3.8) is 0 Å². The number of ether oxygens (including phenoxy) is 1. The third kappa shape index (κ3) is 3.64. The zero-order valence-corrected chi connectivity index (χ0v) is 14.0. The van der Waals surface area contributed by atoms with E-state index in [1.807, 2.05) is 0 Å². The zero-order chi connectivity index (χ0) is 18.7. The maximum absolute atomic E-state index is 12.4. The molecule has 0 bridgehead atoms. The van der Waals surface area contributed by atoms with Crippen molar-refractivity contribution < 1.29 is 19.2 Å². The number of nitro benzene ring substituents is 1. The summed E-state index contributed by atoms with van der Waals surface area (Å²) in [6, 6.07) is 12.7. The molecule has 0 aromatic heterocycles. The van der Waals surface area contributed by atoms with Crippen molar-refractivity contribution in [2.75, 3.05) is 23.9 Å². The molecule has 134 valence electrons. The van der Waals surface area contributed by atoms with Gasteiger partial charge in [-0.05, 0) is 30.3 Å². The topological polar surface area (TPSA) is 102 Å². The van der Waals surface area contributed by atoms with Crippen LogP contribution in [0.3, 0.4) is 0 Å². The number of nitrogens with zero attached hydrogens (tertiary/aromatic N) is 2. The number of hydrogen-bond acceptors (Lipinski definition) is 5. The van der Waals surface area contributed by atoms with Gasteiger partial charge in [-0.1, -0.05) is 6.07 Å². The fraction of sp³-hybridized carbons (Fsp3) is 0.222. The summed E-state index contributed by atoms with van der Waals surface area (Å²) in [5.41, 5.74) is 0.933. The average molecular weight is 355 g/mol. The molecule has 0 spiro atoms. The summed E-state index contributed by atoms with van der Waals surface area (Å²) in [6.45, 7) is 0.183. The van der Waals surface area contributed by atoms with Crippen molar-refractivity contribution in [2.24, 2.45) is 5.92 Å². The largest absolute Gasteiger partial charge is 0.497 e. The first-order chi connectivity index (χ1) is 12.5. The summed E-state index contributed by atoms with van der Waals surface area (Å²) in [5.74, 6) is -0.350. The van der Waals surface area contributed by atoms with Crippen molar-refractivity contribution in [1.82, 2.24) is 0 Å². The van der Waals surface area contributed by atoms with Crippen LogP contribution in [0, 0.1) is 16.0 Å². The van der Waals surface area contributed by atoms with Crippen molar-refractivity contribution in [1.29, 1.82) is 0 Å². The van der Waals surface area contributed by atoms with E-state index in [0.29, 0.717) is 17.1 Å². The highest BCUT2D eigenvalue weighted by molar-refractivity contribution is 6.03. The van der Waals surface area contributed by atoms with E-state index in [1.54, 1.807) is 37.4 Å². The van der Waals surface area contributed by atoms with Gasteiger partial charge in [-0.3, -0.25) is 19.7 Å². The second kappa shape index (κ2) is 7.22. The molecule has 2 aromatic carbocycles. The van der Waals surface area contributed by atoms with Crippen LogP contribution in [0.4, 0.5) is 17.1 Å². The predicted octanol–water partition coefficient (Wildman–Crippen LogP) is 2.60. The van der Waals surface area contributed by atoms with E-state index in [4.69, 9.17) is 4.74 Å². The fourth-order valence-corrected chi connectivity index (χ4v) is 2.83. The van der Waals surface area contributed by atoms with Gasteiger partial charge >= 0.3 is 0 Å². The highest BCUT2D eigenvalue weighted by Crippen LogP contribution is 2.28. The van der Waals surface area contributed by atoms with Gasteiger partial charge in [0.15, 0.2) is 0 Å². The number of nitrogens with one attached hydrogen (secondary N) is 1. The van der Waals surface area contributed by atoms with Gasteiger partial charge in [0.2, 0.25) is 11.8 Å². The second-order valence-electron chi connectivity index (χ2n) is 5.90. The Morgan fingerprint density at radius 2 is 2.00 bits per heavy atom. The minimum atomic E-state index is -0.524. The molecule has 0 unspecified atom stereocenters. The Hall–Kier alpha value is -3.42. The molecular formula is C18H17N3O5. The van der Waals surface area contributed by atoms with E-state index in [9.17, 15) is 19.7 Å². The first kappa shape index (κ1) is 17.4. The van der Waals surface area contributed by atoms with Gasteiger partial charge in [-0.15, -0.1) is 0 Å². The van der Waals surface area contributed by atoms with Crippen LogP contribution >= 0.6 is 0 Å². The second-order valence-corrected chi connectivity index (χ2v) is 5.90. The molecule has 2 aromatic rings. The van der Waals surface area contributed by atoms with Crippen LogP contribution in [0.15, 0.2) is 48.5 Å². The molecule has 1 saturated heterocycles. The summed E-state index contributed by atoms with van der Waals surface area (Å²) >= 11 is 0. The summed E-state index contributed by atoms with van der Waals surface area (Å²) < 4.78 is 5.07. The Labute approximate surface area is 149 Å². The molecular weight excluding hydrogens is 338 g/mol. The van der Waals surface area contributed by atoms with Gasteiger partial charge in [-0.2, -0.15) is 0 Å². The molecule has 1 N–H and O–H groups in total. The zero-order valence-electron chi connectivity index (χ0n) is 14.0. The maximum atomic E-state index is 12.4.